The van der Waals surface area contributed by atoms with Crippen molar-refractivity contribution in [2.75, 3.05) is 5.32 Å². The molecule has 5 nitrogen and oxygen atoms in total. The molecule has 3 heterocycles. The minimum atomic E-state index is -0.223. The second-order valence-electron chi connectivity index (χ2n) is 8.44. The maximum Gasteiger partial charge on any atom is 0.209 e. The van der Waals surface area contributed by atoms with E-state index in [1.54, 1.807) is 6.20 Å². The molecule has 0 amide bonds. The quantitative estimate of drug-likeness (QED) is 0.500. The molecular weight excluding hydrogens is 384 g/mol. The number of carbonyl (C=O) groups is 1. The van der Waals surface area contributed by atoms with Crippen molar-refractivity contribution in [1.29, 1.82) is 0 Å². The molecule has 6 rings (SSSR count). The average molecular weight is 406 g/mol. The summed E-state index contributed by atoms with van der Waals surface area (Å²) in [5, 5.41) is 3.52. The maximum absolute atomic E-state index is 13.6. The highest BCUT2D eigenvalue weighted by Crippen LogP contribution is 2.45. The van der Waals surface area contributed by atoms with Gasteiger partial charge in [0.2, 0.25) is 5.95 Å². The monoisotopic (exact) mass is 406 g/mol. The van der Waals surface area contributed by atoms with Crippen molar-refractivity contribution in [1.82, 2.24) is 14.5 Å². The molecule has 31 heavy (non-hydrogen) atoms. The molecule has 0 saturated heterocycles. The number of aromatic nitrogens is 3. The van der Waals surface area contributed by atoms with E-state index in [9.17, 15) is 4.79 Å². The van der Waals surface area contributed by atoms with Gasteiger partial charge in [0.15, 0.2) is 5.78 Å². The number of fused-ring (bicyclic) bond motifs is 3. The molecule has 0 spiro atoms. The van der Waals surface area contributed by atoms with E-state index in [0.717, 1.165) is 40.2 Å². The summed E-state index contributed by atoms with van der Waals surface area (Å²) in [4.78, 5) is 22.8. The molecule has 2 unspecified atom stereocenters. The number of carbonyl (C=O) groups excluding carboxylic acids is 1. The Hall–Kier alpha value is -3.73. The summed E-state index contributed by atoms with van der Waals surface area (Å²) >= 11 is 0. The predicted molar refractivity (Wildman–Crippen MR) is 121 cm³/mol. The van der Waals surface area contributed by atoms with E-state index in [0.29, 0.717) is 6.42 Å². The Morgan fingerprint density at radius 3 is 2.61 bits per heavy atom. The van der Waals surface area contributed by atoms with Gasteiger partial charge >= 0.3 is 0 Å². The number of hydrogen-bond donors (Lipinski definition) is 1. The summed E-state index contributed by atoms with van der Waals surface area (Å²) in [6, 6.07) is 20.4. The number of imidazole rings is 1. The van der Waals surface area contributed by atoms with Crippen LogP contribution in [0.15, 0.2) is 84.3 Å². The van der Waals surface area contributed by atoms with Crippen LogP contribution in [0.4, 0.5) is 5.95 Å². The van der Waals surface area contributed by atoms with Crippen molar-refractivity contribution in [3.05, 3.63) is 101 Å². The fraction of sp³-hybridized carbons (Fsp3) is 0.192. The van der Waals surface area contributed by atoms with Crippen molar-refractivity contribution in [2.24, 2.45) is 0 Å². The molecule has 2 aromatic heterocycles. The lowest BCUT2D eigenvalue weighted by Crippen LogP contribution is -2.33. The Balaban J connectivity index is 1.51. The standard InChI is InChI=1S/C26H22N4O/c1-16-8-10-17(11-9-16)19-13-21-24(23(31)14-19)25(18-5-4-12-27-15-18)30-22-7-3-2-6-20(22)28-26(30)29-21/h2-12,15,19,25H,13-14H2,1H3,(H,28,29). The van der Waals surface area contributed by atoms with Gasteiger partial charge in [-0.15, -0.1) is 0 Å². The molecule has 0 fully saturated rings. The first-order chi connectivity index (χ1) is 15.2. The lowest BCUT2D eigenvalue weighted by Gasteiger charge is -2.36. The number of allylic oxidation sites excluding steroid dienone is 2. The van der Waals surface area contributed by atoms with E-state index in [1.807, 2.05) is 36.5 Å². The minimum Gasteiger partial charge on any atom is -0.329 e. The van der Waals surface area contributed by atoms with E-state index in [4.69, 9.17) is 4.98 Å². The van der Waals surface area contributed by atoms with Crippen molar-refractivity contribution >= 4 is 22.8 Å². The highest BCUT2D eigenvalue weighted by atomic mass is 16.1. The lowest BCUT2D eigenvalue weighted by molar-refractivity contribution is -0.116. The second-order valence-corrected chi connectivity index (χ2v) is 8.44. The molecule has 1 aliphatic heterocycles. The average Bonchev–Trinajstić information content (AvgIpc) is 3.16. The summed E-state index contributed by atoms with van der Waals surface area (Å²) in [5.41, 5.74) is 7.20. The molecule has 0 radical (unpaired) electrons. The molecule has 2 aromatic carbocycles. The molecule has 152 valence electrons. The smallest absolute Gasteiger partial charge is 0.209 e. The Kier molecular flexibility index (Phi) is 4.03. The first-order valence-corrected chi connectivity index (χ1v) is 10.7. The SMILES string of the molecule is Cc1ccc(C2CC(=O)C3=C(C2)Nc2nc4ccccc4n2C3c2cccnc2)cc1. The van der Waals surface area contributed by atoms with Gasteiger partial charge in [-0.25, -0.2) is 4.98 Å². The zero-order valence-electron chi connectivity index (χ0n) is 17.2. The van der Waals surface area contributed by atoms with Crippen molar-refractivity contribution in [3.63, 3.8) is 0 Å². The number of benzene rings is 2. The van der Waals surface area contributed by atoms with E-state index in [1.165, 1.54) is 11.1 Å². The first-order valence-electron chi connectivity index (χ1n) is 10.7. The van der Waals surface area contributed by atoms with Crippen molar-refractivity contribution in [2.45, 2.75) is 31.7 Å². The summed E-state index contributed by atoms with van der Waals surface area (Å²) < 4.78 is 2.15. The van der Waals surface area contributed by atoms with Gasteiger partial charge in [-0.2, -0.15) is 0 Å². The van der Waals surface area contributed by atoms with Crippen LogP contribution in [-0.4, -0.2) is 20.3 Å². The number of para-hydroxylation sites is 2. The largest absolute Gasteiger partial charge is 0.329 e. The van der Waals surface area contributed by atoms with Gasteiger partial charge in [-0.05, 0) is 48.6 Å². The van der Waals surface area contributed by atoms with Crippen LogP contribution in [0.5, 0.6) is 0 Å². The van der Waals surface area contributed by atoms with Gasteiger partial charge in [0.05, 0.1) is 17.1 Å². The van der Waals surface area contributed by atoms with Gasteiger partial charge in [0.1, 0.15) is 0 Å². The number of hydrogen-bond acceptors (Lipinski definition) is 4. The van der Waals surface area contributed by atoms with Crippen LogP contribution >= 0.6 is 0 Å². The Morgan fingerprint density at radius 1 is 0.968 bits per heavy atom. The van der Waals surface area contributed by atoms with Gasteiger partial charge in [-0.1, -0.05) is 48.0 Å². The van der Waals surface area contributed by atoms with Gasteiger partial charge < -0.3 is 5.32 Å². The van der Waals surface area contributed by atoms with Crippen LogP contribution < -0.4 is 5.32 Å². The lowest BCUT2D eigenvalue weighted by atomic mass is 9.78. The number of anilines is 1. The zero-order chi connectivity index (χ0) is 20.9. The number of rotatable bonds is 2. The zero-order valence-corrected chi connectivity index (χ0v) is 17.2. The fourth-order valence-corrected chi connectivity index (χ4v) is 4.95. The summed E-state index contributed by atoms with van der Waals surface area (Å²) in [7, 11) is 0. The highest BCUT2D eigenvalue weighted by molar-refractivity contribution is 6.01. The fourth-order valence-electron chi connectivity index (χ4n) is 4.95. The van der Waals surface area contributed by atoms with Crippen LogP contribution in [0.2, 0.25) is 0 Å². The third-order valence-electron chi connectivity index (χ3n) is 6.45. The molecular formula is C26H22N4O. The maximum atomic E-state index is 13.6. The van der Waals surface area contributed by atoms with Gasteiger partial charge in [-0.3, -0.25) is 14.3 Å². The molecule has 0 bridgehead atoms. The van der Waals surface area contributed by atoms with E-state index in [-0.39, 0.29) is 17.7 Å². The summed E-state index contributed by atoms with van der Waals surface area (Å²) in [6.07, 6.45) is 4.94. The molecule has 1 aliphatic carbocycles. The molecule has 0 saturated carbocycles. The van der Waals surface area contributed by atoms with Gasteiger partial charge in [0, 0.05) is 30.1 Å². The third-order valence-corrected chi connectivity index (χ3v) is 6.45. The second kappa shape index (κ2) is 6.91. The minimum absolute atomic E-state index is 0.171. The van der Waals surface area contributed by atoms with E-state index >= 15 is 0 Å². The number of aryl methyl sites for hydroxylation is 1. The van der Waals surface area contributed by atoms with Crippen molar-refractivity contribution in [3.8, 4) is 0 Å². The molecule has 2 atom stereocenters. The van der Waals surface area contributed by atoms with Crippen LogP contribution in [0, 0.1) is 6.92 Å². The number of nitrogens with one attached hydrogen (secondary N) is 1. The molecule has 1 N–H and O–H groups in total. The van der Waals surface area contributed by atoms with Gasteiger partial charge in [0.25, 0.3) is 0 Å². The summed E-state index contributed by atoms with van der Waals surface area (Å²) in [6.45, 7) is 2.09. The Labute approximate surface area is 180 Å². The van der Waals surface area contributed by atoms with Crippen molar-refractivity contribution < 1.29 is 4.79 Å². The topological polar surface area (TPSA) is 59.8 Å². The van der Waals surface area contributed by atoms with Crippen LogP contribution in [-0.2, 0) is 4.79 Å². The normalized spacial score (nSPS) is 20.4. The van der Waals surface area contributed by atoms with Crippen LogP contribution in [0.25, 0.3) is 11.0 Å². The number of pyridine rings is 1. The molecule has 2 aliphatic rings. The van der Waals surface area contributed by atoms with Crippen LogP contribution in [0.1, 0.15) is 41.5 Å². The summed E-state index contributed by atoms with van der Waals surface area (Å²) in [5.74, 6) is 1.15. The third kappa shape index (κ3) is 2.88. The predicted octanol–water partition coefficient (Wildman–Crippen LogP) is 5.16. The Bertz CT molecular complexity index is 1340. The Morgan fingerprint density at radius 2 is 1.81 bits per heavy atom. The first kappa shape index (κ1) is 18.1. The number of ketones is 1. The number of nitrogens with zero attached hydrogens (tertiary/aromatic N) is 3. The molecule has 5 heteroatoms. The number of Topliss-reactive ketones (excluding diaryl/α,β-unsaturated/α-hetero) is 1. The van der Waals surface area contributed by atoms with E-state index < -0.39 is 0 Å². The molecule has 4 aromatic rings. The highest BCUT2D eigenvalue weighted by Gasteiger charge is 2.39. The van der Waals surface area contributed by atoms with Crippen LogP contribution in [0.3, 0.4) is 0 Å². The van der Waals surface area contributed by atoms with E-state index in [2.05, 4.69) is 52.1 Å².